The fraction of sp³-hybridized carbons (Fsp3) is 0.0714. The minimum absolute atomic E-state index is 0. The quantitative estimate of drug-likeness (QED) is 0.503. The van der Waals surface area contributed by atoms with Gasteiger partial charge < -0.3 is 22.6 Å². The molecular weight excluding hydrogens is 282 g/mol. The first kappa shape index (κ1) is 15.8. The minimum atomic E-state index is -1.04. The van der Waals surface area contributed by atoms with Crippen molar-refractivity contribution in [3.63, 3.8) is 0 Å². The van der Waals surface area contributed by atoms with E-state index in [1.807, 2.05) is 0 Å². The minimum Gasteiger partial charge on any atom is -1.00 e. The lowest BCUT2D eigenvalue weighted by molar-refractivity contribution is -0.596. The van der Waals surface area contributed by atoms with Crippen molar-refractivity contribution in [2.45, 2.75) is 6.61 Å². The molecule has 0 bridgehead atoms. The van der Waals surface area contributed by atoms with Crippen LogP contribution in [0.25, 0.3) is 5.69 Å². The Balaban J connectivity index is 0.00000200. The van der Waals surface area contributed by atoms with E-state index in [4.69, 9.17) is 5.11 Å². The molecule has 1 aromatic heterocycles. The number of nitrogens with zero attached hydrogens (tertiary/aromatic N) is 1. The lowest BCUT2D eigenvalue weighted by Gasteiger charge is -2.04. The molecule has 0 atom stereocenters. The summed E-state index contributed by atoms with van der Waals surface area (Å²) < 4.78 is 1.57. The average Bonchev–Trinajstić information content (AvgIpc) is 2.46. The standard InChI is InChI=1S/C14H11NO4.ClH/c16-8-11-3-1-5-13(12(11)9-17)15-6-2-4-10(7-15)14(18)19;/h1-8,17H,9H2;1H. The number of pyridine rings is 1. The van der Waals surface area contributed by atoms with Crippen LogP contribution in [0.2, 0.25) is 0 Å². The highest BCUT2D eigenvalue weighted by molar-refractivity contribution is 5.86. The maximum Gasteiger partial charge on any atom is 0.341 e. The van der Waals surface area contributed by atoms with Gasteiger partial charge in [0.25, 0.3) is 0 Å². The number of carboxylic acid groups (broad SMARTS) is 1. The number of aromatic carboxylic acids is 1. The Labute approximate surface area is 121 Å². The van der Waals surface area contributed by atoms with Crippen molar-refractivity contribution < 1.29 is 36.8 Å². The van der Waals surface area contributed by atoms with Crippen LogP contribution in [0.1, 0.15) is 26.3 Å². The van der Waals surface area contributed by atoms with E-state index in [2.05, 4.69) is 0 Å². The van der Waals surface area contributed by atoms with E-state index in [-0.39, 0.29) is 24.6 Å². The van der Waals surface area contributed by atoms with Crippen LogP contribution in [-0.2, 0) is 6.61 Å². The molecule has 0 saturated heterocycles. The number of carboxylic acids is 1. The first-order chi connectivity index (χ1) is 9.17. The lowest BCUT2D eigenvalue weighted by Crippen LogP contribution is -3.00. The van der Waals surface area contributed by atoms with Crippen LogP contribution in [0.5, 0.6) is 0 Å². The molecule has 0 aliphatic heterocycles. The Morgan fingerprint density at radius 1 is 1.25 bits per heavy atom. The van der Waals surface area contributed by atoms with Crippen molar-refractivity contribution in [2.24, 2.45) is 0 Å². The van der Waals surface area contributed by atoms with Gasteiger partial charge in [-0.1, -0.05) is 12.1 Å². The molecule has 0 fully saturated rings. The summed E-state index contributed by atoms with van der Waals surface area (Å²) >= 11 is 0. The van der Waals surface area contributed by atoms with Crippen molar-refractivity contribution >= 4 is 12.3 Å². The topological polar surface area (TPSA) is 78.5 Å². The molecule has 104 valence electrons. The first-order valence-corrected chi connectivity index (χ1v) is 5.60. The van der Waals surface area contributed by atoms with Gasteiger partial charge in [-0.05, 0) is 6.07 Å². The monoisotopic (exact) mass is 293 g/mol. The third-order valence-electron chi connectivity index (χ3n) is 2.80. The number of aliphatic hydroxyl groups excluding tert-OH is 1. The second-order valence-electron chi connectivity index (χ2n) is 3.93. The van der Waals surface area contributed by atoms with E-state index in [1.54, 1.807) is 35.0 Å². The van der Waals surface area contributed by atoms with Crippen molar-refractivity contribution in [3.8, 4) is 5.69 Å². The highest BCUT2D eigenvalue weighted by Gasteiger charge is 2.17. The Morgan fingerprint density at radius 2 is 2.00 bits per heavy atom. The molecule has 0 saturated carbocycles. The van der Waals surface area contributed by atoms with Crippen molar-refractivity contribution in [1.29, 1.82) is 0 Å². The molecule has 6 heteroatoms. The molecule has 20 heavy (non-hydrogen) atoms. The van der Waals surface area contributed by atoms with E-state index in [0.717, 1.165) is 0 Å². The van der Waals surface area contributed by atoms with Crippen LogP contribution in [0.15, 0.2) is 42.7 Å². The zero-order valence-electron chi connectivity index (χ0n) is 10.4. The van der Waals surface area contributed by atoms with Gasteiger partial charge in [0, 0.05) is 17.7 Å². The molecule has 1 aromatic carbocycles. The number of carbonyl (C=O) groups excluding carboxylic acids is 1. The maximum absolute atomic E-state index is 10.9. The number of aromatic nitrogens is 1. The van der Waals surface area contributed by atoms with Crippen LogP contribution < -0.4 is 17.0 Å². The zero-order chi connectivity index (χ0) is 13.8. The lowest BCUT2D eigenvalue weighted by atomic mass is 10.1. The molecule has 2 rings (SSSR count). The third-order valence-corrected chi connectivity index (χ3v) is 2.80. The summed E-state index contributed by atoms with van der Waals surface area (Å²) in [6.07, 6.45) is 3.76. The summed E-state index contributed by atoms with van der Waals surface area (Å²) in [6.45, 7) is -0.297. The Hall–Kier alpha value is -2.24. The fourth-order valence-electron chi connectivity index (χ4n) is 1.87. The van der Waals surface area contributed by atoms with E-state index in [9.17, 15) is 14.7 Å². The predicted molar refractivity (Wildman–Crippen MR) is 66.2 cm³/mol. The summed E-state index contributed by atoms with van der Waals surface area (Å²) in [6, 6.07) is 8.06. The molecule has 1 heterocycles. The smallest absolute Gasteiger partial charge is 0.341 e. The van der Waals surface area contributed by atoms with Gasteiger partial charge in [-0.25, -0.2) is 4.79 Å². The van der Waals surface area contributed by atoms with Crippen LogP contribution >= 0.6 is 0 Å². The number of benzene rings is 1. The molecule has 0 unspecified atom stereocenters. The number of aldehydes is 1. The second kappa shape index (κ2) is 6.79. The molecule has 0 aliphatic rings. The number of hydrogen-bond donors (Lipinski definition) is 2. The molecule has 0 amide bonds. The van der Waals surface area contributed by atoms with Gasteiger partial charge in [0.1, 0.15) is 5.56 Å². The van der Waals surface area contributed by atoms with Gasteiger partial charge in [-0.3, -0.25) is 4.79 Å². The highest BCUT2D eigenvalue weighted by atomic mass is 35.5. The maximum atomic E-state index is 10.9. The Bertz CT molecular complexity index is 643. The summed E-state index contributed by atoms with van der Waals surface area (Å²) in [5.41, 5.74) is 1.55. The van der Waals surface area contributed by atoms with Gasteiger partial charge in [-0.15, -0.1) is 0 Å². The van der Waals surface area contributed by atoms with Crippen LogP contribution in [0, 0.1) is 0 Å². The van der Waals surface area contributed by atoms with Gasteiger partial charge in [0.2, 0.25) is 5.69 Å². The normalized spacial score (nSPS) is 9.65. The molecule has 0 spiro atoms. The largest absolute Gasteiger partial charge is 1.00 e. The van der Waals surface area contributed by atoms with E-state index in [0.29, 0.717) is 23.1 Å². The Kier molecular flexibility index (Phi) is 5.37. The summed E-state index contributed by atoms with van der Waals surface area (Å²) in [4.78, 5) is 21.9. The van der Waals surface area contributed by atoms with E-state index < -0.39 is 5.97 Å². The van der Waals surface area contributed by atoms with Gasteiger partial charge in [0.15, 0.2) is 18.7 Å². The number of carbonyl (C=O) groups is 2. The highest BCUT2D eigenvalue weighted by Crippen LogP contribution is 2.13. The number of halogens is 1. The average molecular weight is 294 g/mol. The zero-order valence-corrected chi connectivity index (χ0v) is 11.1. The molecule has 0 radical (unpaired) electrons. The summed E-state index contributed by atoms with van der Waals surface area (Å²) in [7, 11) is 0. The SMILES string of the molecule is O=Cc1cccc(-[n+]2cccc(C(=O)O)c2)c1CO.[Cl-]. The molecule has 2 aromatic rings. The van der Waals surface area contributed by atoms with E-state index >= 15 is 0 Å². The molecular formula is C14H12ClNO4. The third kappa shape index (κ3) is 3.01. The van der Waals surface area contributed by atoms with E-state index in [1.165, 1.54) is 12.3 Å². The summed E-state index contributed by atoms with van der Waals surface area (Å²) in [5, 5.41) is 18.3. The van der Waals surface area contributed by atoms with Crippen LogP contribution in [-0.4, -0.2) is 22.5 Å². The second-order valence-corrected chi connectivity index (χ2v) is 3.93. The van der Waals surface area contributed by atoms with Crippen molar-refractivity contribution in [2.75, 3.05) is 0 Å². The first-order valence-electron chi connectivity index (χ1n) is 5.60. The summed E-state index contributed by atoms with van der Waals surface area (Å²) in [5.74, 6) is -1.04. The molecule has 2 N–H and O–H groups in total. The fourth-order valence-corrected chi connectivity index (χ4v) is 1.87. The van der Waals surface area contributed by atoms with Crippen molar-refractivity contribution in [1.82, 2.24) is 0 Å². The number of rotatable bonds is 4. The molecule has 0 aliphatic carbocycles. The molecule has 5 nitrogen and oxygen atoms in total. The van der Waals surface area contributed by atoms with Gasteiger partial charge in [0.05, 0.1) is 12.2 Å². The predicted octanol–water partition coefficient (Wildman–Crippen LogP) is -2.03. The van der Waals surface area contributed by atoms with Crippen LogP contribution in [0.4, 0.5) is 0 Å². The Morgan fingerprint density at radius 3 is 2.60 bits per heavy atom. The van der Waals surface area contributed by atoms with Crippen LogP contribution in [0.3, 0.4) is 0 Å². The van der Waals surface area contributed by atoms with Gasteiger partial charge >= 0.3 is 5.97 Å². The van der Waals surface area contributed by atoms with Gasteiger partial charge in [-0.2, -0.15) is 4.57 Å². The van der Waals surface area contributed by atoms with Crippen molar-refractivity contribution in [3.05, 3.63) is 59.4 Å². The number of hydrogen-bond acceptors (Lipinski definition) is 3. The number of aliphatic hydroxyl groups is 1.